The van der Waals surface area contributed by atoms with E-state index < -0.39 is 17.8 Å². The summed E-state index contributed by atoms with van der Waals surface area (Å²) in [7, 11) is 0. The maximum atomic E-state index is 12.2. The van der Waals surface area contributed by atoms with Gasteiger partial charge in [-0.1, -0.05) is 12.1 Å². The van der Waals surface area contributed by atoms with Crippen molar-refractivity contribution in [2.75, 3.05) is 10.6 Å². The van der Waals surface area contributed by atoms with Gasteiger partial charge in [0.25, 0.3) is 11.8 Å². The molecule has 0 saturated heterocycles. The number of anilines is 2. The first kappa shape index (κ1) is 16.2. The van der Waals surface area contributed by atoms with E-state index in [1.807, 2.05) is 0 Å². The van der Waals surface area contributed by atoms with E-state index in [9.17, 15) is 19.2 Å². The lowest BCUT2D eigenvalue weighted by molar-refractivity contribution is -0.114. The van der Waals surface area contributed by atoms with E-state index in [-0.39, 0.29) is 17.0 Å². The molecule has 1 aliphatic heterocycles. The Balaban J connectivity index is 1.65. The fraction of sp³-hybridized carbons (Fsp3) is 0.0588. The van der Waals surface area contributed by atoms with Gasteiger partial charge in [0.15, 0.2) is 0 Å². The third kappa shape index (κ3) is 3.32. The number of amides is 5. The molecule has 8 heteroatoms. The topological polar surface area (TPSA) is 108 Å². The number of urea groups is 1. The van der Waals surface area contributed by atoms with E-state index in [2.05, 4.69) is 16.1 Å². The summed E-state index contributed by atoms with van der Waals surface area (Å²) in [5.41, 5.74) is 3.74. The van der Waals surface area contributed by atoms with Gasteiger partial charge in [-0.25, -0.2) is 10.2 Å². The standard InChI is InChI=1S/C17H14N4O4/c1-10(22)18-11-6-8-12(9-7-11)19-17(25)20-21-15(23)13-4-2-3-5-14(13)16(21)24/h2-9H,1H3,(H,18,22)(H2,19,20,25). The molecule has 8 nitrogen and oxygen atoms in total. The molecule has 0 saturated carbocycles. The first-order chi connectivity index (χ1) is 12.0. The second kappa shape index (κ2) is 6.44. The second-order valence-electron chi connectivity index (χ2n) is 5.32. The number of imide groups is 1. The number of hydrazine groups is 1. The molecule has 1 aliphatic rings. The van der Waals surface area contributed by atoms with Crippen LogP contribution < -0.4 is 16.1 Å². The Morgan fingerprint density at radius 2 is 1.28 bits per heavy atom. The van der Waals surface area contributed by atoms with Crippen LogP contribution in [0.1, 0.15) is 27.6 Å². The van der Waals surface area contributed by atoms with Crippen LogP contribution in [0.2, 0.25) is 0 Å². The maximum Gasteiger partial charge on any atom is 0.338 e. The molecule has 0 aromatic heterocycles. The van der Waals surface area contributed by atoms with Gasteiger partial charge in [0, 0.05) is 18.3 Å². The molecule has 126 valence electrons. The van der Waals surface area contributed by atoms with Crippen molar-refractivity contribution in [1.29, 1.82) is 0 Å². The van der Waals surface area contributed by atoms with Gasteiger partial charge in [-0.3, -0.25) is 14.4 Å². The normalized spacial score (nSPS) is 12.6. The lowest BCUT2D eigenvalue weighted by Gasteiger charge is -2.15. The molecule has 0 atom stereocenters. The zero-order chi connectivity index (χ0) is 18.0. The van der Waals surface area contributed by atoms with Crippen LogP contribution in [0.3, 0.4) is 0 Å². The van der Waals surface area contributed by atoms with Crippen molar-refractivity contribution in [3.05, 3.63) is 59.7 Å². The zero-order valence-corrected chi connectivity index (χ0v) is 13.2. The van der Waals surface area contributed by atoms with Crippen LogP contribution in [0, 0.1) is 0 Å². The van der Waals surface area contributed by atoms with Crippen molar-refractivity contribution in [3.8, 4) is 0 Å². The average molecular weight is 338 g/mol. The molecule has 2 aromatic carbocycles. The van der Waals surface area contributed by atoms with Gasteiger partial charge in [0.1, 0.15) is 0 Å². The number of fused-ring (bicyclic) bond motifs is 1. The summed E-state index contributed by atoms with van der Waals surface area (Å²) in [5, 5.41) is 5.78. The molecule has 25 heavy (non-hydrogen) atoms. The minimum absolute atomic E-state index is 0.205. The number of benzene rings is 2. The number of nitrogens with zero attached hydrogens (tertiary/aromatic N) is 1. The highest BCUT2D eigenvalue weighted by Gasteiger charge is 2.36. The van der Waals surface area contributed by atoms with E-state index in [0.29, 0.717) is 16.4 Å². The molecule has 3 N–H and O–H groups in total. The monoisotopic (exact) mass is 338 g/mol. The summed E-state index contributed by atoms with van der Waals surface area (Å²) >= 11 is 0. The van der Waals surface area contributed by atoms with Crippen molar-refractivity contribution in [3.63, 3.8) is 0 Å². The molecular formula is C17H14N4O4. The van der Waals surface area contributed by atoms with E-state index in [1.165, 1.54) is 19.1 Å². The highest BCUT2D eigenvalue weighted by Crippen LogP contribution is 2.21. The van der Waals surface area contributed by atoms with Crippen molar-refractivity contribution >= 4 is 35.1 Å². The molecule has 5 amide bonds. The van der Waals surface area contributed by atoms with Gasteiger partial charge in [0.2, 0.25) is 5.91 Å². The van der Waals surface area contributed by atoms with Crippen LogP contribution in [-0.2, 0) is 4.79 Å². The highest BCUT2D eigenvalue weighted by molar-refractivity contribution is 6.21. The lowest BCUT2D eigenvalue weighted by Crippen LogP contribution is -2.47. The molecule has 0 radical (unpaired) electrons. The van der Waals surface area contributed by atoms with Gasteiger partial charge >= 0.3 is 6.03 Å². The van der Waals surface area contributed by atoms with Crippen LogP contribution in [0.4, 0.5) is 16.2 Å². The molecule has 3 rings (SSSR count). The Hall–Kier alpha value is -3.68. The van der Waals surface area contributed by atoms with E-state index >= 15 is 0 Å². The molecule has 0 fully saturated rings. The second-order valence-corrected chi connectivity index (χ2v) is 5.32. The largest absolute Gasteiger partial charge is 0.338 e. The quantitative estimate of drug-likeness (QED) is 0.744. The SMILES string of the molecule is CC(=O)Nc1ccc(NC(=O)NN2C(=O)c3ccccc3C2=O)cc1. The van der Waals surface area contributed by atoms with Crippen molar-refractivity contribution in [2.45, 2.75) is 6.92 Å². The average Bonchev–Trinajstić information content (AvgIpc) is 2.82. The molecule has 0 spiro atoms. The minimum atomic E-state index is -0.734. The van der Waals surface area contributed by atoms with Crippen molar-refractivity contribution in [1.82, 2.24) is 10.4 Å². The molecule has 0 unspecified atom stereocenters. The number of nitrogens with one attached hydrogen (secondary N) is 3. The Morgan fingerprint density at radius 1 is 0.800 bits per heavy atom. The Labute approximate surface area is 142 Å². The molecule has 2 aromatic rings. The fourth-order valence-electron chi connectivity index (χ4n) is 2.39. The van der Waals surface area contributed by atoms with Crippen LogP contribution >= 0.6 is 0 Å². The van der Waals surface area contributed by atoms with E-state index in [1.54, 1.807) is 36.4 Å². The summed E-state index contributed by atoms with van der Waals surface area (Å²) in [6.07, 6.45) is 0. The molecule has 0 aliphatic carbocycles. The predicted molar refractivity (Wildman–Crippen MR) is 89.8 cm³/mol. The number of carbonyl (C=O) groups excluding carboxylic acids is 4. The molecular weight excluding hydrogens is 324 g/mol. The predicted octanol–water partition coefficient (Wildman–Crippen LogP) is 1.98. The van der Waals surface area contributed by atoms with Crippen LogP contribution in [-0.4, -0.2) is 28.8 Å². The lowest BCUT2D eigenvalue weighted by atomic mass is 10.1. The summed E-state index contributed by atoms with van der Waals surface area (Å²) in [6.45, 7) is 1.39. The molecule has 0 bridgehead atoms. The maximum absolute atomic E-state index is 12.2. The summed E-state index contributed by atoms with van der Waals surface area (Å²) in [4.78, 5) is 47.3. The van der Waals surface area contributed by atoms with E-state index in [0.717, 1.165) is 0 Å². The van der Waals surface area contributed by atoms with Crippen molar-refractivity contribution in [2.24, 2.45) is 0 Å². The smallest absolute Gasteiger partial charge is 0.326 e. The third-order valence-corrected chi connectivity index (χ3v) is 3.47. The van der Waals surface area contributed by atoms with E-state index in [4.69, 9.17) is 0 Å². The van der Waals surface area contributed by atoms with Crippen LogP contribution in [0.5, 0.6) is 0 Å². The van der Waals surface area contributed by atoms with Gasteiger partial charge < -0.3 is 10.6 Å². The fourth-order valence-corrected chi connectivity index (χ4v) is 2.39. The highest BCUT2D eigenvalue weighted by atomic mass is 16.2. The Morgan fingerprint density at radius 3 is 1.76 bits per heavy atom. The first-order valence-electron chi connectivity index (χ1n) is 7.39. The van der Waals surface area contributed by atoms with Crippen LogP contribution in [0.15, 0.2) is 48.5 Å². The summed E-state index contributed by atoms with van der Waals surface area (Å²) < 4.78 is 0. The minimum Gasteiger partial charge on any atom is -0.326 e. The third-order valence-electron chi connectivity index (χ3n) is 3.47. The first-order valence-corrected chi connectivity index (χ1v) is 7.39. The number of carbonyl (C=O) groups is 4. The van der Waals surface area contributed by atoms with Crippen molar-refractivity contribution < 1.29 is 19.2 Å². The number of rotatable bonds is 3. The zero-order valence-electron chi connectivity index (χ0n) is 13.2. The molecule has 1 heterocycles. The summed E-state index contributed by atoms with van der Waals surface area (Å²) in [5.74, 6) is -1.38. The van der Waals surface area contributed by atoms with Gasteiger partial charge in [-0.15, -0.1) is 0 Å². The van der Waals surface area contributed by atoms with Gasteiger partial charge in [-0.2, -0.15) is 5.01 Å². The number of hydrogen-bond donors (Lipinski definition) is 3. The van der Waals surface area contributed by atoms with Gasteiger partial charge in [-0.05, 0) is 36.4 Å². The Kier molecular flexibility index (Phi) is 4.17. The number of hydrogen-bond acceptors (Lipinski definition) is 4. The Bertz CT molecular complexity index is 841. The summed E-state index contributed by atoms with van der Waals surface area (Å²) in [6, 6.07) is 12.0. The van der Waals surface area contributed by atoms with Crippen LogP contribution in [0.25, 0.3) is 0 Å². The van der Waals surface area contributed by atoms with Gasteiger partial charge in [0.05, 0.1) is 11.1 Å².